The first kappa shape index (κ1) is 26.3. The fourth-order valence-corrected chi connectivity index (χ4v) is 6.61. The van der Waals surface area contributed by atoms with Crippen molar-refractivity contribution in [3.63, 3.8) is 0 Å². The van der Waals surface area contributed by atoms with Crippen LogP contribution in [0.15, 0.2) is 57.5 Å². The van der Waals surface area contributed by atoms with Gasteiger partial charge in [0, 0.05) is 15.5 Å². The van der Waals surface area contributed by atoms with Crippen LogP contribution in [0.3, 0.4) is 0 Å². The number of thioether (sulfide) groups is 1. The van der Waals surface area contributed by atoms with E-state index in [4.69, 9.17) is 26.1 Å². The van der Waals surface area contributed by atoms with E-state index in [-0.39, 0.29) is 17.2 Å². The summed E-state index contributed by atoms with van der Waals surface area (Å²) in [6.45, 7) is 0. The smallest absolute Gasteiger partial charge is 0.267 e. The standard InChI is InChI=1S/C27H25ClN4O4S2/c1-35-19-11-12-21(36-2)16(13-19)14-29-31-23(33)15-37-27-30-25-24(20-5-3-4-6-22(20)38-25)26(34)32(27)18-9-7-17(28)8-10-18/h7-14H,3-6,15H2,1-2H3,(H,31,33). The molecule has 1 amide bonds. The molecule has 0 unspecified atom stereocenters. The molecule has 1 aliphatic carbocycles. The van der Waals surface area contributed by atoms with E-state index >= 15 is 0 Å². The molecular formula is C27H25ClN4O4S2. The van der Waals surface area contributed by atoms with E-state index in [1.807, 2.05) is 0 Å². The molecule has 2 heterocycles. The van der Waals surface area contributed by atoms with Gasteiger partial charge in [-0.15, -0.1) is 11.3 Å². The number of benzene rings is 2. The average Bonchev–Trinajstić information content (AvgIpc) is 3.31. The Morgan fingerprint density at radius 1 is 1.18 bits per heavy atom. The number of hydrazone groups is 1. The molecule has 0 fully saturated rings. The van der Waals surface area contributed by atoms with Crippen molar-refractivity contribution < 1.29 is 14.3 Å². The number of hydrogen-bond donors (Lipinski definition) is 1. The SMILES string of the molecule is COc1ccc(OC)c(C=NNC(=O)CSc2nc3sc4c(c3c(=O)n2-c2ccc(Cl)cc2)CCCC4)c1. The van der Waals surface area contributed by atoms with Crippen molar-refractivity contribution in [3.05, 3.63) is 73.8 Å². The lowest BCUT2D eigenvalue weighted by molar-refractivity contribution is -0.118. The summed E-state index contributed by atoms with van der Waals surface area (Å²) >= 11 is 8.86. The van der Waals surface area contributed by atoms with Crippen LogP contribution in [0.1, 0.15) is 28.8 Å². The lowest BCUT2D eigenvalue weighted by Crippen LogP contribution is -2.24. The fourth-order valence-electron chi connectivity index (χ4n) is 4.38. The molecule has 0 aliphatic heterocycles. The second-order valence-corrected chi connectivity index (χ2v) is 11.1. The van der Waals surface area contributed by atoms with Crippen LogP contribution in [0.4, 0.5) is 0 Å². The fraction of sp³-hybridized carbons (Fsp3) is 0.259. The van der Waals surface area contributed by atoms with Crippen LogP contribution in [0.25, 0.3) is 15.9 Å². The van der Waals surface area contributed by atoms with Crippen molar-refractivity contribution in [2.24, 2.45) is 5.10 Å². The lowest BCUT2D eigenvalue weighted by Gasteiger charge is -2.13. The number of fused-ring (bicyclic) bond motifs is 3. The summed E-state index contributed by atoms with van der Waals surface area (Å²) in [7, 11) is 3.13. The van der Waals surface area contributed by atoms with Gasteiger partial charge in [-0.05, 0) is 73.7 Å². The molecule has 11 heteroatoms. The maximum Gasteiger partial charge on any atom is 0.267 e. The maximum absolute atomic E-state index is 13.8. The Morgan fingerprint density at radius 2 is 1.97 bits per heavy atom. The van der Waals surface area contributed by atoms with Crippen LogP contribution in [0.5, 0.6) is 11.5 Å². The molecule has 0 saturated carbocycles. The van der Waals surface area contributed by atoms with Crippen molar-refractivity contribution in [1.29, 1.82) is 0 Å². The third kappa shape index (κ3) is 5.43. The first-order valence-corrected chi connectivity index (χ1v) is 14.2. The highest BCUT2D eigenvalue weighted by molar-refractivity contribution is 7.99. The van der Waals surface area contributed by atoms with Crippen LogP contribution >= 0.6 is 34.7 Å². The van der Waals surface area contributed by atoms with Gasteiger partial charge in [0.25, 0.3) is 11.5 Å². The Bertz CT molecular complexity index is 1580. The van der Waals surface area contributed by atoms with Crippen molar-refractivity contribution in [1.82, 2.24) is 15.0 Å². The predicted octanol–water partition coefficient (Wildman–Crippen LogP) is 5.24. The summed E-state index contributed by atoms with van der Waals surface area (Å²) in [4.78, 5) is 33.2. The number of aryl methyl sites for hydroxylation is 2. The van der Waals surface area contributed by atoms with Gasteiger partial charge in [0.1, 0.15) is 16.3 Å². The molecule has 0 radical (unpaired) electrons. The zero-order chi connectivity index (χ0) is 26.6. The normalized spacial score (nSPS) is 13.0. The lowest BCUT2D eigenvalue weighted by atomic mass is 9.97. The molecule has 1 N–H and O–H groups in total. The van der Waals surface area contributed by atoms with E-state index < -0.39 is 0 Å². The highest BCUT2D eigenvalue weighted by atomic mass is 35.5. The number of thiophene rings is 1. The summed E-state index contributed by atoms with van der Waals surface area (Å²) in [6.07, 6.45) is 5.54. The van der Waals surface area contributed by atoms with Crippen LogP contribution < -0.4 is 20.5 Å². The molecule has 0 saturated heterocycles. The number of methoxy groups -OCH3 is 2. The van der Waals surface area contributed by atoms with Gasteiger partial charge >= 0.3 is 0 Å². The van der Waals surface area contributed by atoms with E-state index in [2.05, 4.69) is 10.5 Å². The minimum absolute atomic E-state index is 0.0171. The van der Waals surface area contributed by atoms with E-state index in [0.29, 0.717) is 38.3 Å². The number of carbonyl (C=O) groups excluding carboxylic acids is 1. The van der Waals surface area contributed by atoms with Crippen molar-refractivity contribution in [3.8, 4) is 17.2 Å². The Kier molecular flexibility index (Phi) is 8.01. The van der Waals surface area contributed by atoms with Gasteiger partial charge in [0.05, 0.1) is 37.3 Å². The van der Waals surface area contributed by atoms with E-state index in [1.54, 1.807) is 72.6 Å². The summed E-state index contributed by atoms with van der Waals surface area (Å²) < 4.78 is 12.1. The second kappa shape index (κ2) is 11.6. The highest BCUT2D eigenvalue weighted by Crippen LogP contribution is 2.35. The molecule has 2 aromatic heterocycles. The van der Waals surface area contributed by atoms with Gasteiger partial charge in [0.2, 0.25) is 0 Å². The second-order valence-electron chi connectivity index (χ2n) is 8.59. The van der Waals surface area contributed by atoms with Gasteiger partial charge in [-0.3, -0.25) is 14.2 Å². The molecule has 8 nitrogen and oxygen atoms in total. The minimum Gasteiger partial charge on any atom is -0.497 e. The van der Waals surface area contributed by atoms with Gasteiger partial charge < -0.3 is 9.47 Å². The largest absolute Gasteiger partial charge is 0.497 e. The quantitative estimate of drug-likeness (QED) is 0.135. The molecule has 0 atom stereocenters. The summed E-state index contributed by atoms with van der Waals surface area (Å²) in [6, 6.07) is 12.3. The zero-order valence-corrected chi connectivity index (χ0v) is 23.2. The summed E-state index contributed by atoms with van der Waals surface area (Å²) in [5.74, 6) is 0.923. The Hall–Kier alpha value is -3.34. The molecule has 0 spiro atoms. The number of nitrogens with one attached hydrogen (secondary N) is 1. The molecule has 5 rings (SSSR count). The number of hydrogen-bond acceptors (Lipinski definition) is 8. The third-order valence-electron chi connectivity index (χ3n) is 6.21. The number of rotatable bonds is 8. The van der Waals surface area contributed by atoms with Crippen molar-refractivity contribution in [2.45, 2.75) is 30.8 Å². The third-order valence-corrected chi connectivity index (χ3v) is 8.58. The molecule has 38 heavy (non-hydrogen) atoms. The van der Waals surface area contributed by atoms with E-state index in [0.717, 1.165) is 36.1 Å². The molecular weight excluding hydrogens is 544 g/mol. The summed E-state index contributed by atoms with van der Waals surface area (Å²) in [5.41, 5.74) is 4.83. The van der Waals surface area contributed by atoms with Crippen LogP contribution in [0.2, 0.25) is 5.02 Å². The van der Waals surface area contributed by atoms with E-state index in [1.165, 1.54) is 22.9 Å². The monoisotopic (exact) mass is 568 g/mol. The van der Waals surface area contributed by atoms with Crippen LogP contribution in [-0.2, 0) is 17.6 Å². The molecule has 1 aliphatic rings. The van der Waals surface area contributed by atoms with Crippen molar-refractivity contribution in [2.75, 3.05) is 20.0 Å². The van der Waals surface area contributed by atoms with Crippen LogP contribution in [0, 0.1) is 0 Å². The van der Waals surface area contributed by atoms with E-state index in [9.17, 15) is 9.59 Å². The summed E-state index contributed by atoms with van der Waals surface area (Å²) in [5, 5.41) is 5.76. The van der Waals surface area contributed by atoms with Gasteiger partial charge in [-0.25, -0.2) is 10.4 Å². The predicted molar refractivity (Wildman–Crippen MR) is 153 cm³/mol. The zero-order valence-electron chi connectivity index (χ0n) is 20.8. The Morgan fingerprint density at radius 3 is 2.74 bits per heavy atom. The first-order valence-electron chi connectivity index (χ1n) is 12.0. The number of halogens is 1. The minimum atomic E-state index is -0.337. The number of carbonyl (C=O) groups is 1. The Balaban J connectivity index is 1.40. The number of nitrogens with zero attached hydrogens (tertiary/aromatic N) is 3. The number of aromatic nitrogens is 2. The molecule has 2 aromatic carbocycles. The van der Waals surface area contributed by atoms with Gasteiger partial charge in [-0.1, -0.05) is 23.4 Å². The van der Waals surface area contributed by atoms with Gasteiger partial charge in [0.15, 0.2) is 5.16 Å². The number of ether oxygens (including phenoxy) is 2. The average molecular weight is 569 g/mol. The topological polar surface area (TPSA) is 94.8 Å². The van der Waals surface area contributed by atoms with Gasteiger partial charge in [-0.2, -0.15) is 5.10 Å². The molecule has 0 bridgehead atoms. The Labute approximate surface area is 232 Å². The molecule has 4 aromatic rings. The van der Waals surface area contributed by atoms with Crippen molar-refractivity contribution >= 4 is 57.0 Å². The number of amides is 1. The first-order chi connectivity index (χ1) is 18.5. The molecule has 196 valence electrons. The highest BCUT2D eigenvalue weighted by Gasteiger charge is 2.23. The van der Waals surface area contributed by atoms with Crippen LogP contribution in [-0.4, -0.2) is 41.6 Å². The maximum atomic E-state index is 13.8.